The highest BCUT2D eigenvalue weighted by Crippen LogP contribution is 2.09. The first-order valence-electron chi connectivity index (χ1n) is 4.15. The molecule has 72 valence electrons. The number of carbonyl (C=O) groups is 1. The molecule has 1 amide bonds. The Balaban J connectivity index is 2.54. The van der Waals surface area contributed by atoms with Crippen LogP contribution in [-0.2, 0) is 0 Å². The SMILES string of the molecule is C#CCN(C)C(=O)Oc1ccccc1. The van der Waals surface area contributed by atoms with E-state index in [-0.39, 0.29) is 6.54 Å². The molecule has 1 aromatic carbocycles. The van der Waals surface area contributed by atoms with E-state index < -0.39 is 6.09 Å². The summed E-state index contributed by atoms with van der Waals surface area (Å²) in [4.78, 5) is 12.6. The fraction of sp³-hybridized carbons (Fsp3) is 0.182. The van der Waals surface area contributed by atoms with Gasteiger partial charge in [-0.05, 0) is 12.1 Å². The number of rotatable bonds is 2. The van der Waals surface area contributed by atoms with Crippen LogP contribution in [0.1, 0.15) is 0 Å². The summed E-state index contributed by atoms with van der Waals surface area (Å²) < 4.78 is 5.02. The first kappa shape index (κ1) is 10.1. The third kappa shape index (κ3) is 2.83. The molecule has 0 aromatic heterocycles. The van der Waals surface area contributed by atoms with Crippen LogP contribution in [0, 0.1) is 12.3 Å². The van der Waals surface area contributed by atoms with Crippen LogP contribution >= 0.6 is 0 Å². The lowest BCUT2D eigenvalue weighted by atomic mass is 10.3. The molecule has 0 aliphatic carbocycles. The Kier molecular flexibility index (Phi) is 3.57. The fourth-order valence-electron chi connectivity index (χ4n) is 0.869. The molecule has 0 radical (unpaired) electrons. The Bertz CT molecular complexity index is 340. The number of amides is 1. The van der Waals surface area contributed by atoms with Crippen LogP contribution in [0.25, 0.3) is 0 Å². The van der Waals surface area contributed by atoms with Crippen LogP contribution in [0.3, 0.4) is 0 Å². The Morgan fingerprint density at radius 2 is 2.14 bits per heavy atom. The van der Waals surface area contributed by atoms with E-state index in [4.69, 9.17) is 11.2 Å². The molecular weight excluding hydrogens is 178 g/mol. The summed E-state index contributed by atoms with van der Waals surface area (Å²) in [5, 5.41) is 0. The molecule has 14 heavy (non-hydrogen) atoms. The normalized spacial score (nSPS) is 8.86. The lowest BCUT2D eigenvalue weighted by Crippen LogP contribution is -2.29. The van der Waals surface area contributed by atoms with E-state index >= 15 is 0 Å². The van der Waals surface area contributed by atoms with Gasteiger partial charge < -0.3 is 4.74 Å². The largest absolute Gasteiger partial charge is 0.415 e. The van der Waals surface area contributed by atoms with Gasteiger partial charge in [-0.2, -0.15) is 0 Å². The van der Waals surface area contributed by atoms with E-state index in [1.54, 1.807) is 31.3 Å². The number of benzene rings is 1. The first-order chi connectivity index (χ1) is 6.74. The second-order valence-electron chi connectivity index (χ2n) is 2.74. The third-order valence-corrected chi connectivity index (χ3v) is 1.59. The zero-order valence-electron chi connectivity index (χ0n) is 7.93. The van der Waals surface area contributed by atoms with Gasteiger partial charge in [-0.1, -0.05) is 24.1 Å². The van der Waals surface area contributed by atoms with Crippen molar-refractivity contribution < 1.29 is 9.53 Å². The molecule has 1 aromatic rings. The van der Waals surface area contributed by atoms with Crippen LogP contribution in [-0.4, -0.2) is 24.6 Å². The smallest absolute Gasteiger partial charge is 0.410 e. The summed E-state index contributed by atoms with van der Waals surface area (Å²) in [5.74, 6) is 2.87. The van der Waals surface area contributed by atoms with Crippen LogP contribution in [0.4, 0.5) is 4.79 Å². The zero-order valence-corrected chi connectivity index (χ0v) is 7.93. The minimum Gasteiger partial charge on any atom is -0.410 e. The average molecular weight is 189 g/mol. The van der Waals surface area contributed by atoms with Crippen molar-refractivity contribution in [1.82, 2.24) is 4.90 Å². The van der Waals surface area contributed by atoms with E-state index in [1.807, 2.05) is 6.07 Å². The topological polar surface area (TPSA) is 29.5 Å². The number of carbonyl (C=O) groups excluding carboxylic acids is 1. The zero-order chi connectivity index (χ0) is 10.4. The number of ether oxygens (including phenoxy) is 1. The van der Waals surface area contributed by atoms with Crippen LogP contribution < -0.4 is 4.74 Å². The van der Waals surface area contributed by atoms with Gasteiger partial charge in [-0.25, -0.2) is 4.79 Å². The van der Waals surface area contributed by atoms with Crippen molar-refractivity contribution in [3.63, 3.8) is 0 Å². The summed E-state index contributed by atoms with van der Waals surface area (Å²) in [6.45, 7) is 0.242. The van der Waals surface area contributed by atoms with Crippen LogP contribution in [0.2, 0.25) is 0 Å². The Morgan fingerprint density at radius 3 is 2.71 bits per heavy atom. The highest BCUT2D eigenvalue weighted by atomic mass is 16.6. The molecule has 3 heteroatoms. The summed E-state index contributed by atoms with van der Waals surface area (Å²) in [7, 11) is 1.59. The highest BCUT2D eigenvalue weighted by molar-refractivity contribution is 5.70. The van der Waals surface area contributed by atoms with E-state index in [1.165, 1.54) is 4.90 Å². The van der Waals surface area contributed by atoms with Gasteiger partial charge in [0, 0.05) is 7.05 Å². The monoisotopic (exact) mass is 189 g/mol. The molecule has 0 aliphatic rings. The molecular formula is C11H11NO2. The Morgan fingerprint density at radius 1 is 1.50 bits per heavy atom. The molecule has 0 saturated heterocycles. The first-order valence-corrected chi connectivity index (χ1v) is 4.15. The molecule has 0 fully saturated rings. The van der Waals surface area contributed by atoms with Gasteiger partial charge in [-0.3, -0.25) is 4.90 Å². The number of terminal acetylenes is 1. The molecule has 0 bridgehead atoms. The van der Waals surface area contributed by atoms with Gasteiger partial charge in [-0.15, -0.1) is 6.42 Å². The lowest BCUT2D eigenvalue weighted by Gasteiger charge is -2.13. The number of hydrogen-bond donors (Lipinski definition) is 0. The molecule has 0 unspecified atom stereocenters. The van der Waals surface area contributed by atoms with Gasteiger partial charge in [0.1, 0.15) is 5.75 Å². The highest BCUT2D eigenvalue weighted by Gasteiger charge is 2.08. The summed E-state index contributed by atoms with van der Waals surface area (Å²) in [5.41, 5.74) is 0. The predicted octanol–water partition coefficient (Wildman–Crippen LogP) is 1.75. The summed E-state index contributed by atoms with van der Waals surface area (Å²) >= 11 is 0. The summed E-state index contributed by atoms with van der Waals surface area (Å²) in [6.07, 6.45) is 4.61. The van der Waals surface area contributed by atoms with Crippen molar-refractivity contribution in [2.45, 2.75) is 0 Å². The van der Waals surface area contributed by atoms with Gasteiger partial charge in [0.25, 0.3) is 0 Å². The second kappa shape index (κ2) is 4.93. The number of nitrogens with zero attached hydrogens (tertiary/aromatic N) is 1. The Labute approximate surface area is 83.3 Å². The van der Waals surface area contributed by atoms with Crippen LogP contribution in [0.15, 0.2) is 30.3 Å². The molecule has 3 nitrogen and oxygen atoms in total. The lowest BCUT2D eigenvalue weighted by molar-refractivity contribution is 0.168. The second-order valence-corrected chi connectivity index (χ2v) is 2.74. The minimum atomic E-state index is -0.450. The minimum absolute atomic E-state index is 0.242. The Hall–Kier alpha value is -1.95. The molecule has 0 spiro atoms. The van der Waals surface area contributed by atoms with Crippen molar-refractivity contribution >= 4 is 6.09 Å². The maximum Gasteiger partial charge on any atom is 0.415 e. The standard InChI is InChI=1S/C11H11NO2/c1-3-9-12(2)11(13)14-10-7-5-4-6-8-10/h1,4-8H,9H2,2H3. The van der Waals surface area contributed by atoms with Crippen molar-refractivity contribution in [2.24, 2.45) is 0 Å². The molecule has 0 N–H and O–H groups in total. The van der Waals surface area contributed by atoms with Gasteiger partial charge in [0.15, 0.2) is 0 Å². The van der Waals surface area contributed by atoms with Crippen molar-refractivity contribution in [1.29, 1.82) is 0 Å². The van der Waals surface area contributed by atoms with Crippen molar-refractivity contribution in [3.8, 4) is 18.1 Å². The van der Waals surface area contributed by atoms with E-state index in [9.17, 15) is 4.79 Å². The molecule has 0 saturated carbocycles. The number of hydrogen-bond acceptors (Lipinski definition) is 2. The van der Waals surface area contributed by atoms with E-state index in [0.29, 0.717) is 5.75 Å². The summed E-state index contributed by atoms with van der Waals surface area (Å²) in [6, 6.07) is 8.86. The maximum atomic E-state index is 11.3. The third-order valence-electron chi connectivity index (χ3n) is 1.59. The van der Waals surface area contributed by atoms with Crippen molar-refractivity contribution in [3.05, 3.63) is 30.3 Å². The number of para-hydroxylation sites is 1. The van der Waals surface area contributed by atoms with Gasteiger partial charge in [0.05, 0.1) is 6.54 Å². The van der Waals surface area contributed by atoms with Gasteiger partial charge in [0.2, 0.25) is 0 Å². The molecule has 1 rings (SSSR count). The molecule has 0 heterocycles. The average Bonchev–Trinajstić information content (AvgIpc) is 2.19. The predicted molar refractivity (Wildman–Crippen MR) is 53.9 cm³/mol. The van der Waals surface area contributed by atoms with Crippen LogP contribution in [0.5, 0.6) is 5.75 Å². The maximum absolute atomic E-state index is 11.3. The molecule has 0 aliphatic heterocycles. The molecule has 0 atom stereocenters. The van der Waals surface area contributed by atoms with E-state index in [0.717, 1.165) is 0 Å². The van der Waals surface area contributed by atoms with Crippen molar-refractivity contribution in [2.75, 3.05) is 13.6 Å². The quantitative estimate of drug-likeness (QED) is 0.663. The fourth-order valence-corrected chi connectivity index (χ4v) is 0.869. The van der Waals surface area contributed by atoms with Gasteiger partial charge >= 0.3 is 6.09 Å². The van der Waals surface area contributed by atoms with E-state index in [2.05, 4.69) is 5.92 Å².